The summed E-state index contributed by atoms with van der Waals surface area (Å²) >= 11 is 0. The normalized spacial score (nSPS) is 31.1. The van der Waals surface area contributed by atoms with Gasteiger partial charge in [-0.05, 0) is 44.1 Å². The maximum atomic E-state index is 14.3. The number of rotatable bonds is 8. The zero-order valence-electron chi connectivity index (χ0n) is 24.0. The summed E-state index contributed by atoms with van der Waals surface area (Å²) in [5.74, 6) is -1.69. The first kappa shape index (κ1) is 29.4. The third-order valence-electron chi connectivity index (χ3n) is 9.05. The Labute approximate surface area is 240 Å². The molecule has 4 heterocycles. The minimum Gasteiger partial charge on any atom is -0.441 e. The minimum atomic E-state index is -3.00. The van der Waals surface area contributed by atoms with Crippen LogP contribution in [0.5, 0.6) is 0 Å². The van der Waals surface area contributed by atoms with Gasteiger partial charge in [0.15, 0.2) is 20.1 Å². The van der Waals surface area contributed by atoms with Crippen LogP contribution in [-0.4, -0.2) is 84.9 Å². The zero-order chi connectivity index (χ0) is 29.9. The maximum absolute atomic E-state index is 14.3. The number of ether oxygens (including phenoxy) is 2. The van der Waals surface area contributed by atoms with E-state index < -0.39 is 43.7 Å². The second-order valence-corrected chi connectivity index (χ2v) is 16.0. The molecular weight excluding hydrogens is 546 g/mol. The van der Waals surface area contributed by atoms with Gasteiger partial charge in [-0.3, -0.25) is 24.1 Å². The third-order valence-corrected chi connectivity index (χ3v) is 11.6. The first-order chi connectivity index (χ1) is 19.3. The molecule has 3 amide bonds. The SMILES string of the molecule is C=CCN1C(=O)[C@@]2(O[C@@H](CC(=O)N3CCC[C@H]3CO)[C@H]([Si](C)(C)O)[C@H]2C)c2cc(N3C(=O)CC3OC(C)=O)ccc21. The number of aliphatic hydroxyl groups is 1. The summed E-state index contributed by atoms with van der Waals surface area (Å²) in [6, 6.07) is 4.95. The molecule has 0 aromatic heterocycles. The van der Waals surface area contributed by atoms with Crippen molar-refractivity contribution in [1.82, 2.24) is 4.90 Å². The van der Waals surface area contributed by atoms with Gasteiger partial charge in [-0.15, -0.1) is 6.58 Å². The number of likely N-dealkylation sites (tertiary alicyclic amines) is 1. The molecular formula is C29H39N3O8Si. The number of carbonyl (C=O) groups excluding carboxylic acids is 4. The van der Waals surface area contributed by atoms with E-state index in [1.165, 1.54) is 11.8 Å². The van der Waals surface area contributed by atoms with Gasteiger partial charge in [-0.1, -0.05) is 13.0 Å². The molecule has 0 bridgehead atoms. The maximum Gasteiger partial charge on any atom is 0.304 e. The van der Waals surface area contributed by atoms with Gasteiger partial charge in [0.25, 0.3) is 5.91 Å². The van der Waals surface area contributed by atoms with E-state index in [-0.39, 0.29) is 49.8 Å². The van der Waals surface area contributed by atoms with Gasteiger partial charge in [-0.2, -0.15) is 0 Å². The second-order valence-electron chi connectivity index (χ2n) is 12.1. The zero-order valence-corrected chi connectivity index (χ0v) is 25.0. The molecule has 1 spiro atoms. The number of anilines is 2. The summed E-state index contributed by atoms with van der Waals surface area (Å²) in [6.07, 6.45) is 1.74. The van der Waals surface area contributed by atoms with Crippen LogP contribution in [0, 0.1) is 5.92 Å². The Morgan fingerprint density at radius 2 is 2.02 bits per heavy atom. The molecule has 3 saturated heterocycles. The number of β-lactam (4-membered cyclic amide) rings is 1. The number of hydrogen-bond acceptors (Lipinski definition) is 8. The van der Waals surface area contributed by atoms with Crippen molar-refractivity contribution in [3.8, 4) is 0 Å². The highest BCUT2D eigenvalue weighted by Crippen LogP contribution is 2.60. The molecule has 1 aromatic carbocycles. The molecule has 1 aromatic rings. The molecule has 6 atom stereocenters. The summed E-state index contributed by atoms with van der Waals surface area (Å²) in [5, 5.41) is 9.77. The van der Waals surface area contributed by atoms with Crippen LogP contribution >= 0.6 is 0 Å². The summed E-state index contributed by atoms with van der Waals surface area (Å²) in [6.45, 7) is 11.2. The van der Waals surface area contributed by atoms with Gasteiger partial charge in [-0.25, -0.2) is 0 Å². The van der Waals surface area contributed by atoms with Crippen molar-refractivity contribution >= 4 is 43.4 Å². The first-order valence-corrected chi connectivity index (χ1v) is 17.2. The van der Waals surface area contributed by atoms with Crippen LogP contribution in [0.15, 0.2) is 30.9 Å². The molecule has 3 fully saturated rings. The number of fused-ring (bicyclic) bond motifs is 2. The lowest BCUT2D eigenvalue weighted by Gasteiger charge is -2.39. The topological polar surface area (TPSA) is 137 Å². The summed E-state index contributed by atoms with van der Waals surface area (Å²) < 4.78 is 12.0. The van der Waals surface area contributed by atoms with E-state index in [1.807, 2.05) is 6.92 Å². The van der Waals surface area contributed by atoms with Crippen LogP contribution in [0.2, 0.25) is 18.6 Å². The van der Waals surface area contributed by atoms with E-state index in [4.69, 9.17) is 9.47 Å². The van der Waals surface area contributed by atoms with Gasteiger partial charge in [0.05, 0.1) is 37.3 Å². The quantitative estimate of drug-likeness (QED) is 0.205. The van der Waals surface area contributed by atoms with E-state index >= 15 is 0 Å². The Balaban J connectivity index is 1.56. The fraction of sp³-hybridized carbons (Fsp3) is 0.586. The number of nitrogens with zero attached hydrogens (tertiary/aromatic N) is 3. The van der Waals surface area contributed by atoms with Crippen LogP contribution in [0.1, 0.15) is 45.1 Å². The minimum absolute atomic E-state index is 0.0207. The highest BCUT2D eigenvalue weighted by atomic mass is 28.4. The third kappa shape index (κ3) is 4.70. The first-order valence-electron chi connectivity index (χ1n) is 14.2. The van der Waals surface area contributed by atoms with Crippen molar-refractivity contribution in [2.24, 2.45) is 5.92 Å². The van der Waals surface area contributed by atoms with Crippen LogP contribution in [0.3, 0.4) is 0 Å². The number of carbonyl (C=O) groups is 4. The van der Waals surface area contributed by atoms with Crippen molar-refractivity contribution in [1.29, 1.82) is 0 Å². The largest absolute Gasteiger partial charge is 0.441 e. The fourth-order valence-electron chi connectivity index (χ4n) is 7.35. The van der Waals surface area contributed by atoms with Gasteiger partial charge in [0.2, 0.25) is 11.8 Å². The Morgan fingerprint density at radius 3 is 2.63 bits per heavy atom. The number of amides is 3. The molecule has 12 heteroatoms. The average molecular weight is 586 g/mol. The monoisotopic (exact) mass is 585 g/mol. The van der Waals surface area contributed by atoms with Crippen LogP contribution in [0.25, 0.3) is 0 Å². The Bertz CT molecular complexity index is 1280. The average Bonchev–Trinajstić information content (AvgIpc) is 3.54. The van der Waals surface area contributed by atoms with Crippen molar-refractivity contribution in [2.45, 2.75) is 82.1 Å². The molecule has 0 aliphatic carbocycles. The molecule has 0 radical (unpaired) electrons. The Morgan fingerprint density at radius 1 is 1.29 bits per heavy atom. The number of esters is 1. The molecule has 4 aliphatic heterocycles. The Hall–Kier alpha value is -3.06. The molecule has 5 rings (SSSR count). The summed E-state index contributed by atoms with van der Waals surface area (Å²) in [5.41, 5.74) is -0.337. The summed E-state index contributed by atoms with van der Waals surface area (Å²) in [7, 11) is -3.00. The summed E-state index contributed by atoms with van der Waals surface area (Å²) in [4.78, 5) is 68.1. The van der Waals surface area contributed by atoms with E-state index in [9.17, 15) is 29.1 Å². The number of aliphatic hydroxyl groups excluding tert-OH is 1. The molecule has 41 heavy (non-hydrogen) atoms. The predicted octanol–water partition coefficient (Wildman–Crippen LogP) is 2.02. The highest BCUT2D eigenvalue weighted by Gasteiger charge is 2.66. The molecule has 2 N–H and O–H groups in total. The van der Waals surface area contributed by atoms with Crippen LogP contribution < -0.4 is 9.80 Å². The lowest BCUT2D eigenvalue weighted by atomic mass is 9.82. The number of hydrogen-bond donors (Lipinski definition) is 2. The molecule has 4 aliphatic rings. The van der Waals surface area contributed by atoms with E-state index in [0.717, 1.165) is 12.8 Å². The lowest BCUT2D eigenvalue weighted by Crippen LogP contribution is -2.55. The van der Waals surface area contributed by atoms with Crippen molar-refractivity contribution in [3.05, 3.63) is 36.4 Å². The van der Waals surface area contributed by atoms with Crippen molar-refractivity contribution in [2.75, 3.05) is 29.5 Å². The van der Waals surface area contributed by atoms with Gasteiger partial charge < -0.3 is 29.2 Å². The van der Waals surface area contributed by atoms with Gasteiger partial charge in [0.1, 0.15) is 0 Å². The standard InChI is InChI=1S/C29H39N3O8Si/c1-6-11-31-22-10-9-19(32-25(36)15-26(32)39-18(3)34)13-21(22)29(28(31)37)17(2)27(41(4,5)38)23(40-29)14-24(35)30-12-7-8-20(30)16-33/h6,9-10,13,17,20,23,26-27,33,38H,1,7-8,11-12,14-16H2,2-5H3/t17-,20+,23+,26?,27-,29+/m1/s1. The van der Waals surface area contributed by atoms with E-state index in [0.29, 0.717) is 23.5 Å². The van der Waals surface area contributed by atoms with E-state index in [1.54, 1.807) is 47.2 Å². The van der Waals surface area contributed by atoms with E-state index in [2.05, 4.69) is 6.58 Å². The predicted molar refractivity (Wildman–Crippen MR) is 152 cm³/mol. The van der Waals surface area contributed by atoms with Gasteiger partial charge in [0, 0.05) is 42.7 Å². The van der Waals surface area contributed by atoms with Crippen LogP contribution in [-0.2, 0) is 34.3 Å². The number of benzene rings is 1. The lowest BCUT2D eigenvalue weighted by molar-refractivity contribution is -0.154. The molecule has 11 nitrogen and oxygen atoms in total. The second kappa shape index (κ2) is 10.6. The smallest absolute Gasteiger partial charge is 0.304 e. The van der Waals surface area contributed by atoms with Crippen molar-refractivity contribution in [3.63, 3.8) is 0 Å². The fourth-order valence-corrected chi connectivity index (χ4v) is 9.91. The highest BCUT2D eigenvalue weighted by molar-refractivity contribution is 6.71. The van der Waals surface area contributed by atoms with Crippen molar-refractivity contribution < 1.29 is 38.6 Å². The molecule has 222 valence electrons. The molecule has 0 saturated carbocycles. The van der Waals surface area contributed by atoms with Crippen LogP contribution in [0.4, 0.5) is 11.4 Å². The van der Waals surface area contributed by atoms with Gasteiger partial charge >= 0.3 is 5.97 Å². The molecule has 1 unspecified atom stereocenters. The Kier molecular flexibility index (Phi) is 7.64.